The van der Waals surface area contributed by atoms with Crippen LogP contribution >= 0.6 is 11.6 Å². The second-order valence-corrected chi connectivity index (χ2v) is 14.8. The van der Waals surface area contributed by atoms with E-state index >= 15 is 0 Å². The second kappa shape index (κ2) is 12.8. The molecule has 3 unspecified atom stereocenters. The molecule has 0 saturated heterocycles. The first-order chi connectivity index (χ1) is 18.5. The lowest BCUT2D eigenvalue weighted by Crippen LogP contribution is -2.53. The van der Waals surface area contributed by atoms with Crippen molar-refractivity contribution in [2.24, 2.45) is 57.5 Å². The first-order valence-electron chi connectivity index (χ1n) is 15.9. The lowest BCUT2D eigenvalue weighted by Gasteiger charge is -2.60. The van der Waals surface area contributed by atoms with E-state index in [0.717, 1.165) is 48.4 Å². The van der Waals surface area contributed by atoms with Gasteiger partial charge in [-0.15, -0.1) is 16.5 Å². The van der Waals surface area contributed by atoms with Crippen molar-refractivity contribution in [1.29, 1.82) is 0 Å². The summed E-state index contributed by atoms with van der Waals surface area (Å²) in [7, 11) is 0. The molecular formula is C32H54ClN3O3. The summed E-state index contributed by atoms with van der Waals surface area (Å²) in [6.45, 7) is 12.9. The molecule has 3 fully saturated rings. The third-order valence-corrected chi connectivity index (χ3v) is 12.0. The zero-order chi connectivity index (χ0) is 28.4. The molecule has 0 heterocycles. The number of rotatable bonds is 11. The Labute approximate surface area is 242 Å². The van der Waals surface area contributed by atoms with E-state index in [-0.39, 0.29) is 23.9 Å². The summed E-state index contributed by atoms with van der Waals surface area (Å²) in [5.74, 6) is 4.87. The zero-order valence-electron chi connectivity index (χ0n) is 25.1. The fourth-order valence-electron chi connectivity index (χ4n) is 9.80. The molecule has 7 heteroatoms. The number of hydrogen-bond donors (Lipinski definition) is 2. The van der Waals surface area contributed by atoms with E-state index in [4.69, 9.17) is 11.6 Å². The summed E-state index contributed by atoms with van der Waals surface area (Å²) in [5, 5.41) is 17.2. The molecule has 222 valence electrons. The minimum atomic E-state index is -0.465. The maximum absolute atomic E-state index is 12.5. The maximum atomic E-state index is 12.5. The van der Waals surface area contributed by atoms with Crippen LogP contribution in [0.15, 0.2) is 16.9 Å². The topological polar surface area (TPSA) is 82.0 Å². The van der Waals surface area contributed by atoms with Gasteiger partial charge in [0.1, 0.15) is 0 Å². The highest BCUT2D eigenvalue weighted by atomic mass is 35.5. The van der Waals surface area contributed by atoms with Gasteiger partial charge in [0, 0.05) is 12.4 Å². The van der Waals surface area contributed by atoms with Crippen LogP contribution < -0.4 is 5.32 Å². The molecule has 0 bridgehead atoms. The Morgan fingerprint density at radius 3 is 2.62 bits per heavy atom. The Morgan fingerprint density at radius 2 is 1.92 bits per heavy atom. The van der Waals surface area contributed by atoms with Gasteiger partial charge in [-0.25, -0.2) is 4.79 Å². The van der Waals surface area contributed by atoms with Crippen LogP contribution in [0.2, 0.25) is 0 Å². The number of halogens is 1. The van der Waals surface area contributed by atoms with Crippen LogP contribution in [0, 0.1) is 57.2 Å². The quantitative estimate of drug-likeness (QED) is 0.116. The Morgan fingerprint density at radius 1 is 1.15 bits per heavy atom. The Kier molecular flexibility index (Phi) is 10.1. The number of nitrogens with zero attached hydrogens (tertiary/aromatic N) is 2. The van der Waals surface area contributed by atoms with E-state index in [9.17, 15) is 14.8 Å². The molecule has 0 radical (unpaired) electrons. The highest BCUT2D eigenvalue weighted by molar-refractivity contribution is 6.18. The fourth-order valence-corrected chi connectivity index (χ4v) is 9.96. The smallest absolute Gasteiger partial charge is 0.340 e. The van der Waals surface area contributed by atoms with Crippen molar-refractivity contribution < 1.29 is 9.90 Å². The number of alkyl halides is 1. The largest absolute Gasteiger partial charge is 0.393 e. The summed E-state index contributed by atoms with van der Waals surface area (Å²) >= 11 is 5.73. The van der Waals surface area contributed by atoms with E-state index in [0.29, 0.717) is 35.6 Å². The van der Waals surface area contributed by atoms with Crippen LogP contribution in [0.4, 0.5) is 4.79 Å². The molecule has 39 heavy (non-hydrogen) atoms. The number of carbonyl (C=O) groups excluding carboxylic acids is 1. The number of aliphatic hydroxyl groups is 1. The van der Waals surface area contributed by atoms with E-state index in [1.165, 1.54) is 50.5 Å². The number of fused-ring (bicyclic) bond motifs is 5. The molecule has 9 atom stereocenters. The van der Waals surface area contributed by atoms with Gasteiger partial charge in [0.15, 0.2) is 0 Å². The van der Waals surface area contributed by atoms with Crippen molar-refractivity contribution >= 4 is 17.6 Å². The molecule has 2 amide bonds. The standard InChI is InChI=1S/C32H54ClN3O3/c1-21(2)7-6-8-22(3)26-9-10-27-29-23(13-17-34-30(38)36(35-39)18-16-33)19-24-20-25(37)11-14-31(24,4)28(29)12-15-32(26,27)5/h19,21-23,25-29,37H,6-18,20H2,1-5H3,(H,34,38)/t22-,23+,25+,26-,27?,28?,29?,31+,32-/m1/s1. The lowest BCUT2D eigenvalue weighted by molar-refractivity contribution is -0.0767. The van der Waals surface area contributed by atoms with Crippen molar-refractivity contribution in [3.8, 4) is 0 Å². The molecular weight excluding hydrogens is 510 g/mol. The first-order valence-corrected chi connectivity index (χ1v) is 16.4. The molecule has 0 aliphatic heterocycles. The van der Waals surface area contributed by atoms with Crippen LogP contribution in [0.25, 0.3) is 0 Å². The van der Waals surface area contributed by atoms with Gasteiger partial charge in [-0.2, -0.15) is 5.01 Å². The number of carbonyl (C=O) groups is 1. The second-order valence-electron chi connectivity index (χ2n) is 14.4. The van der Waals surface area contributed by atoms with Crippen molar-refractivity contribution in [1.82, 2.24) is 10.3 Å². The van der Waals surface area contributed by atoms with Gasteiger partial charge in [-0.05, 0) is 104 Å². The van der Waals surface area contributed by atoms with Crippen LogP contribution in [0.1, 0.15) is 105 Å². The maximum Gasteiger partial charge on any atom is 0.340 e. The molecule has 2 N–H and O–H groups in total. The van der Waals surface area contributed by atoms with E-state index in [2.05, 4.69) is 51.3 Å². The molecule has 3 saturated carbocycles. The molecule has 0 aromatic heterocycles. The summed E-state index contributed by atoms with van der Waals surface area (Å²) in [4.78, 5) is 23.6. The molecule has 4 aliphatic carbocycles. The van der Waals surface area contributed by atoms with Crippen LogP contribution in [-0.4, -0.2) is 41.2 Å². The molecule has 0 aromatic carbocycles. The molecule has 4 aliphatic rings. The molecule has 4 rings (SSSR count). The van der Waals surface area contributed by atoms with Crippen LogP contribution in [-0.2, 0) is 0 Å². The number of aliphatic hydroxyl groups excluding tert-OH is 1. The number of nitroso groups, excluding NO2 is 1. The van der Waals surface area contributed by atoms with Gasteiger partial charge in [0.25, 0.3) is 0 Å². The Balaban J connectivity index is 1.54. The van der Waals surface area contributed by atoms with Crippen LogP contribution in [0.5, 0.6) is 0 Å². The van der Waals surface area contributed by atoms with Crippen molar-refractivity contribution in [3.05, 3.63) is 16.6 Å². The number of hydrogen-bond acceptors (Lipinski definition) is 4. The summed E-state index contributed by atoms with van der Waals surface area (Å²) in [5.41, 5.74) is 2.02. The summed E-state index contributed by atoms with van der Waals surface area (Å²) in [6.07, 6.45) is 15.2. The number of urea groups is 1. The van der Waals surface area contributed by atoms with Gasteiger partial charge in [0.05, 0.1) is 17.9 Å². The average molecular weight is 564 g/mol. The van der Waals surface area contributed by atoms with Crippen molar-refractivity contribution in [2.75, 3.05) is 19.0 Å². The lowest BCUT2D eigenvalue weighted by atomic mass is 9.44. The average Bonchev–Trinajstić information content (AvgIpc) is 3.24. The van der Waals surface area contributed by atoms with E-state index in [1.54, 1.807) is 0 Å². The number of amides is 2. The highest BCUT2D eigenvalue weighted by Crippen LogP contribution is 2.68. The summed E-state index contributed by atoms with van der Waals surface area (Å²) < 4.78 is 0. The normalized spacial score (nSPS) is 38.3. The third-order valence-electron chi connectivity index (χ3n) is 11.8. The van der Waals surface area contributed by atoms with Gasteiger partial charge >= 0.3 is 6.03 Å². The third kappa shape index (κ3) is 6.22. The SMILES string of the molecule is CC(C)CCC[C@@H](C)[C@H]1CCC2C3C(CC[C@@]21C)[C@@]1(C)CC[C@H](O)CC1=C[C@@H]3CCNC(=O)N(CCCl)N=O. The van der Waals surface area contributed by atoms with Crippen molar-refractivity contribution in [2.45, 2.75) is 111 Å². The minimum absolute atomic E-state index is 0.114. The molecule has 0 aromatic rings. The zero-order valence-corrected chi connectivity index (χ0v) is 25.9. The van der Waals surface area contributed by atoms with Crippen molar-refractivity contribution in [3.63, 3.8) is 0 Å². The van der Waals surface area contributed by atoms with Gasteiger partial charge in [-0.1, -0.05) is 65.5 Å². The van der Waals surface area contributed by atoms with E-state index < -0.39 is 6.03 Å². The molecule has 0 spiro atoms. The summed E-state index contributed by atoms with van der Waals surface area (Å²) in [6, 6.07) is -0.465. The van der Waals surface area contributed by atoms with Gasteiger partial charge in [0.2, 0.25) is 0 Å². The Hall–Kier alpha value is -1.14. The Bertz CT molecular complexity index is 896. The predicted octanol–water partition coefficient (Wildman–Crippen LogP) is 7.94. The van der Waals surface area contributed by atoms with Gasteiger partial charge in [-0.3, -0.25) is 0 Å². The monoisotopic (exact) mass is 563 g/mol. The van der Waals surface area contributed by atoms with Crippen LogP contribution in [0.3, 0.4) is 0 Å². The number of nitrogens with one attached hydrogen (secondary N) is 1. The first kappa shape index (κ1) is 30.8. The number of allylic oxidation sites excluding steroid dienone is 1. The van der Waals surface area contributed by atoms with Gasteiger partial charge < -0.3 is 10.4 Å². The minimum Gasteiger partial charge on any atom is -0.393 e. The fraction of sp³-hybridized carbons (Fsp3) is 0.906. The highest BCUT2D eigenvalue weighted by Gasteiger charge is 2.60. The van der Waals surface area contributed by atoms with E-state index in [1.807, 2.05) is 0 Å². The molecule has 6 nitrogen and oxygen atoms in total. The predicted molar refractivity (Wildman–Crippen MR) is 159 cm³/mol.